The number of urea groups is 2. The molecule has 1 heterocycles. The largest absolute Gasteiger partial charge is 0.352 e. The second kappa shape index (κ2) is 2.86. The van der Waals surface area contributed by atoms with Gasteiger partial charge in [0.25, 0.3) is 5.91 Å². The molecule has 0 spiro atoms. The quantitative estimate of drug-likeness (QED) is 0.525. The number of nitrogens with two attached hydrogens (primary N) is 1. The van der Waals surface area contributed by atoms with Gasteiger partial charge in [0.05, 0.1) is 0 Å². The summed E-state index contributed by atoms with van der Waals surface area (Å²) in [6, 6.07) is -1.33. The third-order valence-corrected chi connectivity index (χ3v) is 2.33. The molecule has 78 valence electrons. The standard InChI is InChI=1S/C7H12N4O3/c1-7(9-5(8)13)4(12)10(2)6(14)11(7)3/h1-3H3,(H3,8,9,13). The van der Waals surface area contributed by atoms with Crippen LogP contribution in [0.2, 0.25) is 0 Å². The van der Waals surface area contributed by atoms with E-state index in [4.69, 9.17) is 5.73 Å². The smallest absolute Gasteiger partial charge is 0.328 e. The van der Waals surface area contributed by atoms with Gasteiger partial charge in [0.1, 0.15) is 0 Å². The number of carbonyl (C=O) groups is 3. The summed E-state index contributed by atoms with van der Waals surface area (Å²) in [7, 11) is 2.76. The van der Waals surface area contributed by atoms with Crippen molar-refractivity contribution in [1.82, 2.24) is 15.1 Å². The van der Waals surface area contributed by atoms with Gasteiger partial charge in [-0.1, -0.05) is 0 Å². The van der Waals surface area contributed by atoms with Crippen LogP contribution in [0, 0.1) is 0 Å². The molecule has 0 bridgehead atoms. The average molecular weight is 200 g/mol. The monoisotopic (exact) mass is 200 g/mol. The lowest BCUT2D eigenvalue weighted by molar-refractivity contribution is -0.132. The third-order valence-electron chi connectivity index (χ3n) is 2.33. The lowest BCUT2D eigenvalue weighted by Gasteiger charge is -2.28. The molecular weight excluding hydrogens is 188 g/mol. The first-order valence-corrected chi connectivity index (χ1v) is 3.94. The molecule has 0 radical (unpaired) electrons. The summed E-state index contributed by atoms with van der Waals surface area (Å²) in [5.74, 6) is -0.510. The number of rotatable bonds is 1. The number of hydrogen-bond donors (Lipinski definition) is 2. The molecule has 1 saturated heterocycles. The van der Waals surface area contributed by atoms with Gasteiger partial charge in [0.15, 0.2) is 5.66 Å². The number of nitrogens with zero attached hydrogens (tertiary/aromatic N) is 2. The van der Waals surface area contributed by atoms with Crippen molar-refractivity contribution in [3.8, 4) is 0 Å². The Morgan fingerprint density at radius 2 is 1.93 bits per heavy atom. The molecule has 1 fully saturated rings. The number of amides is 5. The number of imide groups is 1. The second-order valence-corrected chi connectivity index (χ2v) is 3.27. The van der Waals surface area contributed by atoms with Crippen molar-refractivity contribution in [2.24, 2.45) is 5.73 Å². The molecule has 1 rings (SSSR count). The maximum Gasteiger partial charge on any atom is 0.328 e. The van der Waals surface area contributed by atoms with Crippen molar-refractivity contribution in [2.75, 3.05) is 14.1 Å². The van der Waals surface area contributed by atoms with Crippen LogP contribution in [0.4, 0.5) is 9.59 Å². The van der Waals surface area contributed by atoms with E-state index in [9.17, 15) is 14.4 Å². The number of hydrogen-bond acceptors (Lipinski definition) is 3. The van der Waals surface area contributed by atoms with Crippen molar-refractivity contribution in [3.05, 3.63) is 0 Å². The average Bonchev–Trinajstić information content (AvgIpc) is 2.21. The zero-order valence-electron chi connectivity index (χ0n) is 8.20. The minimum atomic E-state index is -1.38. The van der Waals surface area contributed by atoms with Gasteiger partial charge in [-0.15, -0.1) is 0 Å². The Morgan fingerprint density at radius 1 is 1.43 bits per heavy atom. The molecule has 0 aromatic rings. The summed E-state index contributed by atoms with van der Waals surface area (Å²) in [6.07, 6.45) is 0. The minimum Gasteiger partial charge on any atom is -0.352 e. The van der Waals surface area contributed by atoms with Crippen molar-refractivity contribution in [1.29, 1.82) is 0 Å². The van der Waals surface area contributed by atoms with Gasteiger partial charge >= 0.3 is 12.1 Å². The van der Waals surface area contributed by atoms with Crippen LogP contribution in [0.15, 0.2) is 0 Å². The van der Waals surface area contributed by atoms with Gasteiger partial charge in [0.2, 0.25) is 0 Å². The van der Waals surface area contributed by atoms with E-state index < -0.39 is 23.6 Å². The Labute approximate surface area is 80.8 Å². The zero-order valence-corrected chi connectivity index (χ0v) is 8.20. The SMILES string of the molecule is CN1C(=O)N(C)C(C)(NC(N)=O)C1=O. The molecule has 7 nitrogen and oxygen atoms in total. The van der Waals surface area contributed by atoms with Crippen LogP contribution in [0.5, 0.6) is 0 Å². The molecule has 0 aromatic heterocycles. The lowest BCUT2D eigenvalue weighted by atomic mass is 10.2. The second-order valence-electron chi connectivity index (χ2n) is 3.27. The summed E-state index contributed by atoms with van der Waals surface area (Å²) in [5, 5.41) is 2.23. The molecule has 1 unspecified atom stereocenters. The number of primary amides is 1. The van der Waals surface area contributed by atoms with E-state index in [1.54, 1.807) is 0 Å². The van der Waals surface area contributed by atoms with E-state index >= 15 is 0 Å². The topological polar surface area (TPSA) is 95.7 Å². The highest BCUT2D eigenvalue weighted by atomic mass is 16.2. The van der Waals surface area contributed by atoms with Crippen LogP contribution < -0.4 is 11.1 Å². The van der Waals surface area contributed by atoms with Gasteiger partial charge in [-0.05, 0) is 6.92 Å². The maximum absolute atomic E-state index is 11.6. The van der Waals surface area contributed by atoms with Gasteiger partial charge < -0.3 is 11.1 Å². The van der Waals surface area contributed by atoms with Crippen molar-refractivity contribution in [3.63, 3.8) is 0 Å². The first kappa shape index (κ1) is 10.3. The fourth-order valence-corrected chi connectivity index (χ4v) is 1.35. The summed E-state index contributed by atoms with van der Waals surface area (Å²) < 4.78 is 0. The Morgan fingerprint density at radius 3 is 2.21 bits per heavy atom. The summed E-state index contributed by atoms with van der Waals surface area (Å²) >= 11 is 0. The summed E-state index contributed by atoms with van der Waals surface area (Å²) in [4.78, 5) is 35.6. The van der Waals surface area contributed by atoms with Crippen LogP contribution in [-0.4, -0.2) is 47.5 Å². The fourth-order valence-electron chi connectivity index (χ4n) is 1.35. The zero-order chi connectivity index (χ0) is 11.1. The van der Waals surface area contributed by atoms with Gasteiger partial charge in [0, 0.05) is 14.1 Å². The van der Waals surface area contributed by atoms with Crippen LogP contribution >= 0.6 is 0 Å². The Hall–Kier alpha value is -1.79. The van der Waals surface area contributed by atoms with E-state index in [-0.39, 0.29) is 0 Å². The molecule has 0 aromatic carbocycles. The van der Waals surface area contributed by atoms with Crippen LogP contribution in [-0.2, 0) is 4.79 Å². The predicted octanol–water partition coefficient (Wildman–Crippen LogP) is -1.11. The highest BCUT2D eigenvalue weighted by Crippen LogP contribution is 2.21. The first-order chi connectivity index (χ1) is 6.30. The fraction of sp³-hybridized carbons (Fsp3) is 0.571. The van der Waals surface area contributed by atoms with Crippen LogP contribution in [0.3, 0.4) is 0 Å². The van der Waals surface area contributed by atoms with Gasteiger partial charge in [-0.2, -0.15) is 0 Å². The Kier molecular flexibility index (Phi) is 2.10. The number of nitrogens with one attached hydrogen (secondary N) is 1. The Balaban J connectivity index is 3.04. The molecule has 3 N–H and O–H groups in total. The molecule has 5 amide bonds. The molecule has 1 atom stereocenters. The van der Waals surface area contributed by atoms with E-state index in [1.807, 2.05) is 0 Å². The predicted molar refractivity (Wildman–Crippen MR) is 47.1 cm³/mol. The Bertz CT molecular complexity index is 316. The third kappa shape index (κ3) is 1.17. The summed E-state index contributed by atoms with van der Waals surface area (Å²) in [5.41, 5.74) is 3.54. The highest BCUT2D eigenvalue weighted by Gasteiger charge is 2.51. The molecule has 1 aliphatic heterocycles. The molecule has 0 saturated carbocycles. The normalized spacial score (nSPS) is 27.1. The number of carbonyl (C=O) groups excluding carboxylic acids is 3. The minimum absolute atomic E-state index is 0.480. The van der Waals surface area contributed by atoms with Gasteiger partial charge in [-0.25, -0.2) is 9.59 Å². The molecule has 1 aliphatic rings. The molecule has 0 aliphatic carbocycles. The van der Waals surface area contributed by atoms with Crippen molar-refractivity contribution in [2.45, 2.75) is 12.6 Å². The molecule has 7 heteroatoms. The summed E-state index contributed by atoms with van der Waals surface area (Å²) in [6.45, 7) is 1.42. The highest BCUT2D eigenvalue weighted by molar-refractivity contribution is 6.07. The van der Waals surface area contributed by atoms with E-state index in [0.29, 0.717) is 0 Å². The van der Waals surface area contributed by atoms with Gasteiger partial charge in [-0.3, -0.25) is 14.6 Å². The van der Waals surface area contributed by atoms with Crippen molar-refractivity contribution < 1.29 is 14.4 Å². The first-order valence-electron chi connectivity index (χ1n) is 3.94. The number of likely N-dealkylation sites (N-methyl/N-ethyl adjacent to an activating group) is 2. The van der Waals surface area contributed by atoms with Crippen LogP contribution in [0.1, 0.15) is 6.92 Å². The van der Waals surface area contributed by atoms with Crippen LogP contribution in [0.25, 0.3) is 0 Å². The van der Waals surface area contributed by atoms with E-state index in [0.717, 1.165) is 9.80 Å². The molecule has 14 heavy (non-hydrogen) atoms. The van der Waals surface area contributed by atoms with E-state index in [1.165, 1.54) is 21.0 Å². The molecular formula is C7H12N4O3. The van der Waals surface area contributed by atoms with Crippen molar-refractivity contribution >= 4 is 18.0 Å². The maximum atomic E-state index is 11.6. The lowest BCUT2D eigenvalue weighted by Crippen LogP contribution is -2.60. The van der Waals surface area contributed by atoms with E-state index in [2.05, 4.69) is 5.32 Å².